The van der Waals surface area contributed by atoms with Gasteiger partial charge in [0, 0.05) is 17.5 Å². The van der Waals surface area contributed by atoms with E-state index in [2.05, 4.69) is 5.10 Å². The van der Waals surface area contributed by atoms with Crippen molar-refractivity contribution in [1.82, 2.24) is 20.0 Å². The van der Waals surface area contributed by atoms with Crippen LogP contribution in [0.5, 0.6) is 0 Å². The maximum atomic E-state index is 13.9. The van der Waals surface area contributed by atoms with Crippen molar-refractivity contribution in [3.63, 3.8) is 0 Å². The molecule has 0 aliphatic heterocycles. The van der Waals surface area contributed by atoms with Crippen molar-refractivity contribution >= 4 is 15.9 Å². The van der Waals surface area contributed by atoms with Crippen molar-refractivity contribution in [1.29, 1.82) is 0 Å². The third kappa shape index (κ3) is 4.01. The Kier molecular flexibility index (Phi) is 5.02. The van der Waals surface area contributed by atoms with Gasteiger partial charge >= 0.3 is 0 Å². The van der Waals surface area contributed by atoms with Crippen molar-refractivity contribution in [2.24, 2.45) is 0 Å². The van der Waals surface area contributed by atoms with E-state index in [1.54, 1.807) is 17.8 Å². The van der Waals surface area contributed by atoms with E-state index in [-0.39, 0.29) is 5.56 Å². The lowest BCUT2D eigenvalue weighted by atomic mass is 10.2. The molecular formula is C17H14F2N4O3S. The fraction of sp³-hybridized carbons (Fsp3) is 0.0588. The maximum absolute atomic E-state index is 13.9. The number of carbonyl (C=O) groups is 1. The number of halogens is 2. The van der Waals surface area contributed by atoms with Gasteiger partial charge in [0.15, 0.2) is 0 Å². The largest absolute Gasteiger partial charge is 0.273 e. The van der Waals surface area contributed by atoms with Crippen molar-refractivity contribution < 1.29 is 22.0 Å². The number of aromatic nitrogens is 2. The first-order valence-electron chi connectivity index (χ1n) is 7.66. The van der Waals surface area contributed by atoms with E-state index in [9.17, 15) is 22.0 Å². The average molecular weight is 392 g/mol. The second kappa shape index (κ2) is 7.25. The number of hydrazine groups is 1. The highest BCUT2D eigenvalue weighted by molar-refractivity contribution is 7.89. The minimum absolute atomic E-state index is 0.142. The maximum Gasteiger partial charge on any atom is 0.266 e. The highest BCUT2D eigenvalue weighted by atomic mass is 32.2. The molecule has 0 fully saturated rings. The molecule has 3 aromatic rings. The summed E-state index contributed by atoms with van der Waals surface area (Å²) < 4.78 is 53.2. The van der Waals surface area contributed by atoms with Crippen LogP contribution in [-0.2, 0) is 10.0 Å². The first-order chi connectivity index (χ1) is 12.8. The molecule has 0 atom stereocenters. The topological polar surface area (TPSA) is 93.1 Å². The molecule has 0 spiro atoms. The number of hydrogen-bond donors (Lipinski definition) is 2. The average Bonchev–Trinajstić information content (AvgIpc) is 3.05. The summed E-state index contributed by atoms with van der Waals surface area (Å²) in [5.74, 6) is -2.59. The number of benzene rings is 2. The van der Waals surface area contributed by atoms with Gasteiger partial charge in [-0.05, 0) is 43.3 Å². The third-order valence-electron chi connectivity index (χ3n) is 3.65. The Morgan fingerprint density at radius 2 is 1.85 bits per heavy atom. The standard InChI is InChI=1S/C17H14F2N4O3S/c1-11-6-7-20-23(11)14-9-12(8-13(18)10-14)17(24)21-22-27(25,26)16-5-3-2-4-15(16)19/h2-10,22H,1H3,(H,21,24). The van der Waals surface area contributed by atoms with Crippen LogP contribution in [0.25, 0.3) is 5.69 Å². The summed E-state index contributed by atoms with van der Waals surface area (Å²) in [7, 11) is -4.33. The molecule has 140 valence electrons. The Morgan fingerprint density at radius 1 is 1.11 bits per heavy atom. The lowest BCUT2D eigenvalue weighted by Crippen LogP contribution is -2.41. The van der Waals surface area contributed by atoms with E-state index in [1.165, 1.54) is 35.1 Å². The number of aryl methyl sites for hydroxylation is 1. The zero-order chi connectivity index (χ0) is 19.6. The van der Waals surface area contributed by atoms with Crippen LogP contribution < -0.4 is 10.3 Å². The molecule has 2 N–H and O–H groups in total. The lowest BCUT2D eigenvalue weighted by molar-refractivity contribution is 0.0944. The molecule has 10 heteroatoms. The van der Waals surface area contributed by atoms with E-state index >= 15 is 0 Å². The van der Waals surface area contributed by atoms with Crippen LogP contribution in [-0.4, -0.2) is 24.1 Å². The molecule has 0 bridgehead atoms. The summed E-state index contributed by atoms with van der Waals surface area (Å²) in [5, 5.41) is 4.03. The highest BCUT2D eigenvalue weighted by Crippen LogP contribution is 2.16. The second-order valence-electron chi connectivity index (χ2n) is 5.57. The molecule has 0 aliphatic carbocycles. The van der Waals surface area contributed by atoms with Crippen LogP contribution in [0.15, 0.2) is 59.6 Å². The van der Waals surface area contributed by atoms with Gasteiger partial charge in [-0.15, -0.1) is 4.83 Å². The minimum Gasteiger partial charge on any atom is -0.273 e. The zero-order valence-electron chi connectivity index (χ0n) is 14.0. The van der Waals surface area contributed by atoms with Crippen LogP contribution in [0.2, 0.25) is 0 Å². The van der Waals surface area contributed by atoms with E-state index in [0.29, 0.717) is 11.4 Å². The van der Waals surface area contributed by atoms with Gasteiger partial charge in [0.1, 0.15) is 16.5 Å². The molecule has 27 heavy (non-hydrogen) atoms. The highest BCUT2D eigenvalue weighted by Gasteiger charge is 2.20. The van der Waals surface area contributed by atoms with Gasteiger partial charge < -0.3 is 0 Å². The van der Waals surface area contributed by atoms with Crippen LogP contribution in [0.4, 0.5) is 8.78 Å². The Hall–Kier alpha value is -3.11. The van der Waals surface area contributed by atoms with Crippen LogP contribution >= 0.6 is 0 Å². The number of sulfonamides is 1. The third-order valence-corrected chi connectivity index (χ3v) is 4.93. The van der Waals surface area contributed by atoms with E-state index in [4.69, 9.17) is 0 Å². The van der Waals surface area contributed by atoms with Gasteiger partial charge in [-0.25, -0.2) is 21.9 Å². The summed E-state index contributed by atoms with van der Waals surface area (Å²) in [5.41, 5.74) is 2.80. The molecule has 1 aromatic heterocycles. The van der Waals surface area contributed by atoms with Crippen molar-refractivity contribution in [3.8, 4) is 5.69 Å². The molecule has 1 heterocycles. The van der Waals surface area contributed by atoms with Crippen molar-refractivity contribution in [3.05, 3.63) is 77.6 Å². The molecule has 0 unspecified atom stereocenters. The molecule has 2 aromatic carbocycles. The fourth-order valence-corrected chi connectivity index (χ4v) is 3.29. The van der Waals surface area contributed by atoms with Gasteiger partial charge in [-0.3, -0.25) is 10.2 Å². The second-order valence-corrected chi connectivity index (χ2v) is 7.22. The predicted octanol–water partition coefficient (Wildman–Crippen LogP) is 2.08. The van der Waals surface area contributed by atoms with Crippen LogP contribution in [0.1, 0.15) is 16.1 Å². The Bertz CT molecular complexity index is 1110. The number of nitrogens with one attached hydrogen (secondary N) is 2. The summed E-state index contributed by atoms with van der Waals surface area (Å²) in [4.78, 5) is 13.4. The Morgan fingerprint density at radius 3 is 2.52 bits per heavy atom. The van der Waals surface area contributed by atoms with E-state index in [1.807, 2.05) is 5.43 Å². The van der Waals surface area contributed by atoms with Gasteiger partial charge in [-0.1, -0.05) is 12.1 Å². The number of amides is 1. The Balaban J connectivity index is 1.82. The quantitative estimate of drug-likeness (QED) is 0.650. The van der Waals surface area contributed by atoms with Crippen molar-refractivity contribution in [2.45, 2.75) is 11.8 Å². The summed E-state index contributed by atoms with van der Waals surface area (Å²) in [6.07, 6.45) is 1.52. The molecule has 0 saturated heterocycles. The molecule has 1 amide bonds. The van der Waals surface area contributed by atoms with Gasteiger partial charge in [0.25, 0.3) is 15.9 Å². The smallest absolute Gasteiger partial charge is 0.266 e. The molecule has 0 saturated carbocycles. The molecule has 3 rings (SSSR count). The SMILES string of the molecule is Cc1ccnn1-c1cc(F)cc(C(=O)NNS(=O)(=O)c2ccccc2F)c1. The zero-order valence-corrected chi connectivity index (χ0v) is 14.8. The van der Waals surface area contributed by atoms with Gasteiger partial charge in [0.05, 0.1) is 5.69 Å². The molecular weight excluding hydrogens is 378 g/mol. The fourth-order valence-electron chi connectivity index (χ4n) is 2.37. The van der Waals surface area contributed by atoms with Crippen LogP contribution in [0.3, 0.4) is 0 Å². The van der Waals surface area contributed by atoms with E-state index in [0.717, 1.165) is 18.2 Å². The number of rotatable bonds is 5. The number of carbonyl (C=O) groups excluding carboxylic acids is 1. The van der Waals surface area contributed by atoms with Crippen LogP contribution in [0, 0.1) is 18.6 Å². The lowest BCUT2D eigenvalue weighted by Gasteiger charge is -2.11. The number of nitrogens with zero attached hydrogens (tertiary/aromatic N) is 2. The van der Waals surface area contributed by atoms with Crippen molar-refractivity contribution in [2.75, 3.05) is 0 Å². The van der Waals surface area contributed by atoms with E-state index < -0.39 is 32.5 Å². The molecule has 7 nitrogen and oxygen atoms in total. The first kappa shape index (κ1) is 18.7. The summed E-state index contributed by atoms with van der Waals surface area (Å²) in [6.45, 7) is 1.75. The summed E-state index contributed by atoms with van der Waals surface area (Å²) >= 11 is 0. The monoisotopic (exact) mass is 392 g/mol. The summed E-state index contributed by atoms with van der Waals surface area (Å²) in [6, 6.07) is 9.85. The van der Waals surface area contributed by atoms with Gasteiger partial charge in [0.2, 0.25) is 0 Å². The first-order valence-corrected chi connectivity index (χ1v) is 9.14. The molecule has 0 radical (unpaired) electrons. The number of hydrogen-bond acceptors (Lipinski definition) is 4. The van der Waals surface area contributed by atoms with Gasteiger partial charge in [-0.2, -0.15) is 5.10 Å². The minimum atomic E-state index is -4.33. The predicted molar refractivity (Wildman–Crippen MR) is 92.4 cm³/mol. The molecule has 0 aliphatic rings. The Labute approximate surface area is 153 Å². The normalized spacial score (nSPS) is 11.4.